The van der Waals surface area contributed by atoms with Gasteiger partial charge in [-0.2, -0.15) is 0 Å². The zero-order valence-electron chi connectivity index (χ0n) is 12.4. The van der Waals surface area contributed by atoms with Crippen LogP contribution in [0.25, 0.3) is 0 Å². The molecule has 4 nitrogen and oxygen atoms in total. The number of likely N-dealkylation sites (N-methyl/N-ethyl adjacent to an activating group) is 1. The molecule has 0 saturated heterocycles. The fraction of sp³-hybridized carbons (Fsp3) is 0.562. The van der Waals surface area contributed by atoms with Gasteiger partial charge >= 0.3 is 0 Å². The Morgan fingerprint density at radius 1 is 1.35 bits per heavy atom. The monoisotopic (exact) mass is 275 g/mol. The molecule has 1 aliphatic carbocycles. The van der Waals surface area contributed by atoms with E-state index in [1.165, 1.54) is 6.42 Å². The van der Waals surface area contributed by atoms with Crippen molar-refractivity contribution in [3.63, 3.8) is 0 Å². The number of rotatable bonds is 6. The van der Waals surface area contributed by atoms with Crippen LogP contribution in [0.1, 0.15) is 37.3 Å². The maximum atomic E-state index is 12.0. The maximum Gasteiger partial charge on any atom is 0.221 e. The van der Waals surface area contributed by atoms with Crippen molar-refractivity contribution in [2.75, 3.05) is 20.6 Å². The fourth-order valence-electron chi connectivity index (χ4n) is 2.72. The first-order chi connectivity index (χ1) is 9.53. The minimum absolute atomic E-state index is 0.0366. The van der Waals surface area contributed by atoms with Gasteiger partial charge in [0, 0.05) is 24.5 Å². The number of amides is 1. The van der Waals surface area contributed by atoms with E-state index in [4.69, 9.17) is 5.73 Å². The molecule has 1 amide bonds. The highest BCUT2D eigenvalue weighted by Crippen LogP contribution is 2.35. The molecule has 20 heavy (non-hydrogen) atoms. The van der Waals surface area contributed by atoms with E-state index in [1.807, 2.05) is 30.3 Å². The van der Waals surface area contributed by atoms with Gasteiger partial charge in [-0.15, -0.1) is 0 Å². The van der Waals surface area contributed by atoms with Crippen molar-refractivity contribution >= 4 is 5.91 Å². The number of nitrogens with two attached hydrogens (primary N) is 1. The van der Waals surface area contributed by atoms with E-state index >= 15 is 0 Å². The standard InChI is InChI=1S/C16H25N3O/c1-19(2)16(9-6-10-16)12-18-15(20)11-14(17)13-7-4-3-5-8-13/h3-5,7-8,14H,6,9-12,17H2,1-2H3,(H,18,20). The summed E-state index contributed by atoms with van der Waals surface area (Å²) < 4.78 is 0. The van der Waals surface area contributed by atoms with Gasteiger partial charge in [0.1, 0.15) is 0 Å². The molecular formula is C16H25N3O. The van der Waals surface area contributed by atoms with Gasteiger partial charge in [0.15, 0.2) is 0 Å². The van der Waals surface area contributed by atoms with Crippen LogP contribution in [0, 0.1) is 0 Å². The largest absolute Gasteiger partial charge is 0.354 e. The summed E-state index contributed by atoms with van der Waals surface area (Å²) in [4.78, 5) is 14.3. The minimum atomic E-state index is -0.229. The average molecular weight is 275 g/mol. The van der Waals surface area contributed by atoms with Crippen molar-refractivity contribution in [2.24, 2.45) is 5.73 Å². The SMILES string of the molecule is CN(C)C1(CNC(=O)CC(N)c2ccccc2)CCC1. The lowest BCUT2D eigenvalue weighted by Crippen LogP contribution is -2.57. The molecule has 1 aromatic carbocycles. The second-order valence-electron chi connectivity index (χ2n) is 5.97. The van der Waals surface area contributed by atoms with Crippen molar-refractivity contribution in [3.8, 4) is 0 Å². The predicted molar refractivity (Wildman–Crippen MR) is 81.3 cm³/mol. The molecule has 2 rings (SSSR count). The molecule has 1 fully saturated rings. The summed E-state index contributed by atoms with van der Waals surface area (Å²) in [5.74, 6) is 0.0366. The van der Waals surface area contributed by atoms with Gasteiger partial charge in [-0.25, -0.2) is 0 Å². The Morgan fingerprint density at radius 2 is 2.00 bits per heavy atom. The molecule has 0 spiro atoms. The third kappa shape index (κ3) is 3.38. The van der Waals surface area contributed by atoms with Gasteiger partial charge in [0.25, 0.3) is 0 Å². The average Bonchev–Trinajstić information content (AvgIpc) is 2.38. The summed E-state index contributed by atoms with van der Waals surface area (Å²) >= 11 is 0. The number of nitrogens with one attached hydrogen (secondary N) is 1. The summed E-state index contributed by atoms with van der Waals surface area (Å²) in [7, 11) is 4.17. The molecule has 0 bridgehead atoms. The molecule has 1 unspecified atom stereocenters. The molecule has 110 valence electrons. The predicted octanol–water partition coefficient (Wildman–Crippen LogP) is 1.68. The smallest absolute Gasteiger partial charge is 0.221 e. The molecule has 4 heteroatoms. The van der Waals surface area contributed by atoms with E-state index in [0.717, 1.165) is 24.9 Å². The van der Waals surface area contributed by atoms with Crippen LogP contribution in [0.15, 0.2) is 30.3 Å². The summed E-state index contributed by atoms with van der Waals surface area (Å²) in [6.45, 7) is 0.723. The highest BCUT2D eigenvalue weighted by Gasteiger charge is 2.39. The van der Waals surface area contributed by atoms with Crippen LogP contribution < -0.4 is 11.1 Å². The first kappa shape index (κ1) is 15.0. The molecule has 0 heterocycles. The number of carbonyl (C=O) groups is 1. The Bertz CT molecular complexity index is 440. The van der Waals surface area contributed by atoms with Gasteiger partial charge in [0.2, 0.25) is 5.91 Å². The van der Waals surface area contributed by atoms with Gasteiger partial charge in [-0.05, 0) is 38.9 Å². The lowest BCUT2D eigenvalue weighted by Gasteiger charge is -2.47. The van der Waals surface area contributed by atoms with Crippen LogP contribution in [-0.4, -0.2) is 37.0 Å². The van der Waals surface area contributed by atoms with E-state index in [9.17, 15) is 4.79 Å². The van der Waals surface area contributed by atoms with Crippen molar-refractivity contribution in [1.29, 1.82) is 0 Å². The topological polar surface area (TPSA) is 58.4 Å². The van der Waals surface area contributed by atoms with Crippen LogP contribution in [0.4, 0.5) is 0 Å². The molecule has 0 radical (unpaired) electrons. The maximum absolute atomic E-state index is 12.0. The zero-order chi connectivity index (χ0) is 14.6. The van der Waals surface area contributed by atoms with E-state index in [-0.39, 0.29) is 17.5 Å². The van der Waals surface area contributed by atoms with E-state index in [2.05, 4.69) is 24.3 Å². The van der Waals surface area contributed by atoms with Gasteiger partial charge < -0.3 is 16.0 Å². The molecule has 1 aromatic rings. The Balaban J connectivity index is 1.81. The Morgan fingerprint density at radius 3 is 2.50 bits per heavy atom. The lowest BCUT2D eigenvalue weighted by molar-refractivity contribution is -0.122. The number of benzene rings is 1. The van der Waals surface area contributed by atoms with Gasteiger partial charge in [-0.3, -0.25) is 4.79 Å². The molecule has 1 atom stereocenters. The molecule has 1 saturated carbocycles. The Hall–Kier alpha value is -1.39. The van der Waals surface area contributed by atoms with Gasteiger partial charge in [0.05, 0.1) is 0 Å². The fourth-order valence-corrected chi connectivity index (χ4v) is 2.72. The highest BCUT2D eigenvalue weighted by atomic mass is 16.1. The minimum Gasteiger partial charge on any atom is -0.354 e. The van der Waals surface area contributed by atoms with E-state index in [0.29, 0.717) is 6.42 Å². The quantitative estimate of drug-likeness (QED) is 0.830. The highest BCUT2D eigenvalue weighted by molar-refractivity contribution is 5.76. The zero-order valence-corrected chi connectivity index (χ0v) is 12.4. The summed E-state index contributed by atoms with van der Waals surface area (Å²) in [5, 5.41) is 3.05. The molecule has 0 aliphatic heterocycles. The Kier molecular flexibility index (Phi) is 4.78. The molecular weight excluding hydrogens is 250 g/mol. The number of nitrogens with zero attached hydrogens (tertiary/aromatic N) is 1. The second kappa shape index (κ2) is 6.37. The third-order valence-electron chi connectivity index (χ3n) is 4.48. The first-order valence-electron chi connectivity index (χ1n) is 7.28. The van der Waals surface area contributed by atoms with Crippen LogP contribution in [0.5, 0.6) is 0 Å². The van der Waals surface area contributed by atoms with E-state index < -0.39 is 0 Å². The van der Waals surface area contributed by atoms with E-state index in [1.54, 1.807) is 0 Å². The van der Waals surface area contributed by atoms with Crippen molar-refractivity contribution in [2.45, 2.75) is 37.3 Å². The number of hydrogen-bond donors (Lipinski definition) is 2. The summed E-state index contributed by atoms with van der Waals surface area (Å²) in [5.41, 5.74) is 7.24. The second-order valence-corrected chi connectivity index (χ2v) is 5.97. The molecule has 1 aliphatic rings. The van der Waals surface area contributed by atoms with Crippen molar-refractivity contribution in [3.05, 3.63) is 35.9 Å². The summed E-state index contributed by atoms with van der Waals surface area (Å²) in [6.07, 6.45) is 3.90. The van der Waals surface area contributed by atoms with Crippen LogP contribution in [-0.2, 0) is 4.79 Å². The number of carbonyl (C=O) groups excluding carboxylic acids is 1. The van der Waals surface area contributed by atoms with Crippen LogP contribution in [0.3, 0.4) is 0 Å². The van der Waals surface area contributed by atoms with Crippen molar-refractivity contribution in [1.82, 2.24) is 10.2 Å². The molecule has 3 N–H and O–H groups in total. The normalized spacial score (nSPS) is 18.4. The number of hydrogen-bond acceptors (Lipinski definition) is 3. The summed E-state index contributed by atoms with van der Waals surface area (Å²) in [6, 6.07) is 9.54. The third-order valence-corrected chi connectivity index (χ3v) is 4.48. The lowest BCUT2D eigenvalue weighted by atomic mass is 9.75. The molecule has 0 aromatic heterocycles. The Labute approximate surface area is 121 Å². The van der Waals surface area contributed by atoms with Crippen LogP contribution in [0.2, 0.25) is 0 Å². The van der Waals surface area contributed by atoms with Crippen molar-refractivity contribution < 1.29 is 4.79 Å². The van der Waals surface area contributed by atoms with Gasteiger partial charge in [-0.1, -0.05) is 30.3 Å². The van der Waals surface area contributed by atoms with Crippen LogP contribution >= 0.6 is 0 Å². The first-order valence-corrected chi connectivity index (χ1v) is 7.28.